The van der Waals surface area contributed by atoms with Crippen LogP contribution >= 0.6 is 0 Å². The molecule has 1 aliphatic heterocycles. The van der Waals surface area contributed by atoms with Crippen LogP contribution in [0.2, 0.25) is 0 Å². The van der Waals surface area contributed by atoms with E-state index in [0.717, 1.165) is 11.3 Å². The lowest BCUT2D eigenvalue weighted by atomic mass is 10.1. The molecule has 4 heteroatoms. The second-order valence-electron chi connectivity index (χ2n) is 4.74. The molecule has 0 unspecified atom stereocenters. The standard InChI is InChI=1S/C11H15NO3.C5H12.2C2H6/c1-13-10-4-2-9(3-5-10)11(8-12)14-6-7-15-11;1-3-5-4-2;2*1-2/h2-5H,6-8,12H2,1H3;3-5H2,1-2H3;2*1-2H3. The topological polar surface area (TPSA) is 53.7 Å². The maximum absolute atomic E-state index is 5.69. The molecule has 1 heterocycles. The van der Waals surface area contributed by atoms with Crippen molar-refractivity contribution < 1.29 is 14.2 Å². The van der Waals surface area contributed by atoms with Crippen LogP contribution < -0.4 is 10.5 Å². The van der Waals surface area contributed by atoms with E-state index in [1.54, 1.807) is 7.11 Å². The average molecular weight is 342 g/mol. The molecule has 0 atom stereocenters. The first-order valence-corrected chi connectivity index (χ1v) is 9.35. The van der Waals surface area contributed by atoms with Crippen LogP contribution in [0, 0.1) is 0 Å². The SMILES string of the molecule is CC.CC.CCCCC.COc1ccc(C2(CN)OCCO2)cc1. The van der Waals surface area contributed by atoms with Gasteiger partial charge in [0.15, 0.2) is 0 Å². The summed E-state index contributed by atoms with van der Waals surface area (Å²) in [6.07, 6.45) is 4.08. The Morgan fingerprint density at radius 2 is 1.42 bits per heavy atom. The lowest BCUT2D eigenvalue weighted by molar-refractivity contribution is -0.156. The first kappa shape index (κ1) is 25.1. The van der Waals surface area contributed by atoms with E-state index in [1.807, 2.05) is 52.0 Å². The molecule has 0 aromatic heterocycles. The third-order valence-electron chi connectivity index (χ3n) is 3.26. The molecule has 142 valence electrons. The molecule has 0 bridgehead atoms. The van der Waals surface area contributed by atoms with E-state index in [4.69, 9.17) is 19.9 Å². The first-order chi connectivity index (χ1) is 11.7. The Kier molecular flexibility index (Phi) is 17.5. The number of hydrogen-bond acceptors (Lipinski definition) is 4. The monoisotopic (exact) mass is 341 g/mol. The van der Waals surface area contributed by atoms with Crippen molar-refractivity contribution >= 4 is 0 Å². The van der Waals surface area contributed by atoms with Crippen LogP contribution in [0.3, 0.4) is 0 Å². The Morgan fingerprint density at radius 1 is 0.958 bits per heavy atom. The molecule has 1 aliphatic rings. The number of benzene rings is 1. The van der Waals surface area contributed by atoms with Gasteiger partial charge >= 0.3 is 0 Å². The van der Waals surface area contributed by atoms with Gasteiger partial charge in [-0.05, 0) is 24.3 Å². The lowest BCUT2D eigenvalue weighted by Gasteiger charge is -2.26. The Balaban J connectivity index is 0. The first-order valence-electron chi connectivity index (χ1n) is 9.35. The Morgan fingerprint density at radius 3 is 1.71 bits per heavy atom. The van der Waals surface area contributed by atoms with E-state index in [1.165, 1.54) is 19.3 Å². The zero-order valence-electron chi connectivity index (χ0n) is 16.9. The molecular weight excluding hydrogens is 302 g/mol. The van der Waals surface area contributed by atoms with E-state index in [2.05, 4.69) is 13.8 Å². The summed E-state index contributed by atoms with van der Waals surface area (Å²) in [5, 5.41) is 0. The molecule has 1 fully saturated rings. The number of nitrogens with two attached hydrogens (primary N) is 1. The molecule has 1 aromatic rings. The van der Waals surface area contributed by atoms with Crippen molar-refractivity contribution in [1.82, 2.24) is 0 Å². The van der Waals surface area contributed by atoms with Crippen molar-refractivity contribution in [3.8, 4) is 5.75 Å². The van der Waals surface area contributed by atoms with Crippen molar-refractivity contribution in [3.63, 3.8) is 0 Å². The molecule has 2 N–H and O–H groups in total. The highest BCUT2D eigenvalue weighted by atomic mass is 16.7. The van der Waals surface area contributed by atoms with Gasteiger partial charge in [-0.2, -0.15) is 0 Å². The van der Waals surface area contributed by atoms with Crippen molar-refractivity contribution in [2.75, 3.05) is 26.9 Å². The maximum atomic E-state index is 5.69. The molecule has 1 saturated heterocycles. The highest BCUT2D eigenvalue weighted by Gasteiger charge is 2.37. The van der Waals surface area contributed by atoms with Gasteiger partial charge in [0.2, 0.25) is 5.79 Å². The molecule has 4 nitrogen and oxygen atoms in total. The van der Waals surface area contributed by atoms with Crippen LogP contribution in [0.4, 0.5) is 0 Å². The van der Waals surface area contributed by atoms with Gasteiger partial charge in [0, 0.05) is 5.56 Å². The maximum Gasteiger partial charge on any atom is 0.207 e. The fourth-order valence-corrected chi connectivity index (χ4v) is 2.06. The molecule has 0 radical (unpaired) electrons. The highest BCUT2D eigenvalue weighted by Crippen LogP contribution is 2.31. The van der Waals surface area contributed by atoms with Crippen LogP contribution in [0.15, 0.2) is 24.3 Å². The van der Waals surface area contributed by atoms with Gasteiger partial charge < -0.3 is 19.9 Å². The number of methoxy groups -OCH3 is 1. The summed E-state index contributed by atoms with van der Waals surface area (Å²) in [6, 6.07) is 7.57. The van der Waals surface area contributed by atoms with Gasteiger partial charge in [0.05, 0.1) is 26.9 Å². The van der Waals surface area contributed by atoms with Gasteiger partial charge in [-0.1, -0.05) is 60.8 Å². The van der Waals surface area contributed by atoms with Crippen LogP contribution in [-0.4, -0.2) is 26.9 Å². The third kappa shape index (κ3) is 8.67. The normalized spacial score (nSPS) is 14.2. The smallest absolute Gasteiger partial charge is 0.207 e. The van der Waals surface area contributed by atoms with Gasteiger partial charge in [-0.25, -0.2) is 0 Å². The van der Waals surface area contributed by atoms with Crippen LogP contribution in [0.5, 0.6) is 5.75 Å². The Bertz CT molecular complexity index is 358. The molecule has 0 amide bonds. The van der Waals surface area contributed by atoms with Gasteiger partial charge in [-0.15, -0.1) is 0 Å². The average Bonchev–Trinajstić information content (AvgIpc) is 3.17. The Labute approximate surface area is 149 Å². The minimum Gasteiger partial charge on any atom is -0.497 e. The molecule has 24 heavy (non-hydrogen) atoms. The molecule has 0 spiro atoms. The second-order valence-corrected chi connectivity index (χ2v) is 4.74. The summed E-state index contributed by atoms with van der Waals surface area (Å²) in [5.41, 5.74) is 6.62. The Hall–Kier alpha value is -1.10. The summed E-state index contributed by atoms with van der Waals surface area (Å²) in [5.74, 6) is 0.0515. The van der Waals surface area contributed by atoms with Crippen LogP contribution in [0.1, 0.15) is 66.4 Å². The van der Waals surface area contributed by atoms with Gasteiger partial charge in [-0.3, -0.25) is 0 Å². The number of ether oxygens (including phenoxy) is 3. The van der Waals surface area contributed by atoms with Crippen molar-refractivity contribution in [1.29, 1.82) is 0 Å². The number of unbranched alkanes of at least 4 members (excludes halogenated alkanes) is 2. The largest absolute Gasteiger partial charge is 0.497 e. The second kappa shape index (κ2) is 16.7. The van der Waals surface area contributed by atoms with Crippen molar-refractivity contribution in [2.24, 2.45) is 5.73 Å². The zero-order valence-corrected chi connectivity index (χ0v) is 16.9. The number of rotatable bonds is 5. The number of hydrogen-bond donors (Lipinski definition) is 1. The molecule has 2 rings (SSSR count). The van der Waals surface area contributed by atoms with E-state index in [9.17, 15) is 0 Å². The van der Waals surface area contributed by atoms with Gasteiger partial charge in [0.1, 0.15) is 5.75 Å². The van der Waals surface area contributed by atoms with E-state index < -0.39 is 5.79 Å². The fraction of sp³-hybridized carbons (Fsp3) is 0.700. The minimum absolute atomic E-state index is 0.319. The molecule has 0 aliphatic carbocycles. The van der Waals surface area contributed by atoms with E-state index >= 15 is 0 Å². The minimum atomic E-state index is -0.758. The van der Waals surface area contributed by atoms with Crippen LogP contribution in [0.25, 0.3) is 0 Å². The van der Waals surface area contributed by atoms with E-state index in [-0.39, 0.29) is 0 Å². The van der Waals surface area contributed by atoms with Gasteiger partial charge in [0.25, 0.3) is 0 Å². The molecule has 1 aromatic carbocycles. The van der Waals surface area contributed by atoms with E-state index in [0.29, 0.717) is 19.8 Å². The predicted octanol–water partition coefficient (Wildman–Crippen LogP) is 5.10. The zero-order chi connectivity index (χ0) is 18.8. The summed E-state index contributed by atoms with van der Waals surface area (Å²) in [6.45, 7) is 13.9. The highest BCUT2D eigenvalue weighted by molar-refractivity contribution is 5.30. The lowest BCUT2D eigenvalue weighted by Crippen LogP contribution is -2.36. The summed E-state index contributed by atoms with van der Waals surface area (Å²) in [4.78, 5) is 0. The third-order valence-corrected chi connectivity index (χ3v) is 3.26. The molecular formula is C20H39NO3. The van der Waals surface area contributed by atoms with Crippen LogP contribution in [-0.2, 0) is 15.3 Å². The quantitative estimate of drug-likeness (QED) is 0.809. The summed E-state index contributed by atoms with van der Waals surface area (Å²) in [7, 11) is 1.64. The predicted molar refractivity (Wildman–Crippen MR) is 104 cm³/mol. The molecule has 0 saturated carbocycles. The summed E-state index contributed by atoms with van der Waals surface area (Å²) >= 11 is 0. The fourth-order valence-electron chi connectivity index (χ4n) is 2.06. The van der Waals surface area contributed by atoms with Crippen molar-refractivity contribution in [3.05, 3.63) is 29.8 Å². The summed E-state index contributed by atoms with van der Waals surface area (Å²) < 4.78 is 16.2. The van der Waals surface area contributed by atoms with Crippen molar-refractivity contribution in [2.45, 2.75) is 66.6 Å².